The van der Waals surface area contributed by atoms with Gasteiger partial charge in [0.25, 0.3) is 5.69 Å². The summed E-state index contributed by atoms with van der Waals surface area (Å²) in [5.74, 6) is 0.304. The lowest BCUT2D eigenvalue weighted by Gasteiger charge is -1.99. The molecule has 0 saturated carbocycles. The largest absolute Gasteiger partial charge is 0.507 e. The molecule has 3 aromatic carbocycles. The maximum Gasteiger partial charge on any atom is 0.270 e. The van der Waals surface area contributed by atoms with Gasteiger partial charge in [0.15, 0.2) is 5.58 Å². The zero-order valence-corrected chi connectivity index (χ0v) is 17.5. The molecule has 0 fully saturated rings. The van der Waals surface area contributed by atoms with Crippen LogP contribution >= 0.6 is 34.2 Å². The molecule has 4 aromatic rings. The Balaban J connectivity index is 1.68. The molecule has 1 N–H and O–H groups in total. The number of benzene rings is 3. The first-order chi connectivity index (χ1) is 13.9. The van der Waals surface area contributed by atoms with Gasteiger partial charge in [-0.05, 0) is 65.1 Å². The molecule has 0 aliphatic carbocycles. The number of phenolic OH excluding ortho intramolecular Hbond substituents is 1. The molecule has 0 amide bonds. The van der Waals surface area contributed by atoms with Gasteiger partial charge in [-0.15, -0.1) is 0 Å². The zero-order chi connectivity index (χ0) is 20.5. The van der Waals surface area contributed by atoms with Crippen LogP contribution in [0.1, 0.15) is 5.56 Å². The minimum atomic E-state index is -0.532. The zero-order valence-electron chi connectivity index (χ0n) is 14.5. The number of phenols is 1. The van der Waals surface area contributed by atoms with Crippen LogP contribution in [0, 0.1) is 13.7 Å². The second kappa shape index (κ2) is 7.80. The average molecular weight is 520 g/mol. The maximum absolute atomic E-state index is 10.9. The number of halogens is 2. The van der Waals surface area contributed by atoms with E-state index < -0.39 is 4.92 Å². The average Bonchev–Trinajstić information content (AvgIpc) is 3.12. The first-order valence-corrected chi connectivity index (χ1v) is 9.74. The molecular formula is C20H11ClIN3O4. The van der Waals surface area contributed by atoms with E-state index in [0.29, 0.717) is 33.3 Å². The summed E-state index contributed by atoms with van der Waals surface area (Å²) in [4.78, 5) is 19.1. The van der Waals surface area contributed by atoms with Crippen LogP contribution in [0.3, 0.4) is 0 Å². The van der Waals surface area contributed by atoms with Crippen LogP contribution in [0.4, 0.5) is 11.4 Å². The molecular weight excluding hydrogens is 509 g/mol. The molecule has 0 aliphatic rings. The minimum absolute atomic E-state index is 0.0996. The van der Waals surface area contributed by atoms with Crippen LogP contribution in [0.5, 0.6) is 5.75 Å². The molecule has 0 aliphatic heterocycles. The predicted octanol–water partition coefficient (Wildman–Crippen LogP) is 6.12. The Morgan fingerprint density at radius 1 is 1.17 bits per heavy atom. The van der Waals surface area contributed by atoms with Crippen LogP contribution in [-0.4, -0.2) is 21.2 Å². The lowest BCUT2D eigenvalue weighted by Crippen LogP contribution is -1.90. The number of aromatic nitrogens is 1. The molecule has 9 heteroatoms. The minimum Gasteiger partial charge on any atom is -0.507 e. The number of non-ortho nitro benzene ring substituents is 1. The maximum atomic E-state index is 10.9. The first-order valence-electron chi connectivity index (χ1n) is 8.28. The first kappa shape index (κ1) is 19.3. The standard InChI is InChI=1S/C20H11ClIN3O4/c21-16-4-1-12(22)8-15(16)20-24-17-9-13(2-6-19(17)29-20)23-10-11-7-14(25(27)28)3-5-18(11)26/h1-10,26H. The molecule has 0 spiro atoms. The van der Waals surface area contributed by atoms with Crippen LogP contribution in [0.15, 0.2) is 64.0 Å². The van der Waals surface area contributed by atoms with E-state index in [9.17, 15) is 15.2 Å². The number of hydrogen-bond acceptors (Lipinski definition) is 6. The van der Waals surface area contributed by atoms with E-state index in [2.05, 4.69) is 32.6 Å². The number of aromatic hydroxyl groups is 1. The van der Waals surface area contributed by atoms with E-state index in [0.717, 1.165) is 3.57 Å². The fraction of sp³-hybridized carbons (Fsp3) is 0. The molecule has 0 atom stereocenters. The van der Waals surface area contributed by atoms with E-state index in [4.69, 9.17) is 16.0 Å². The third-order valence-electron chi connectivity index (χ3n) is 4.10. The van der Waals surface area contributed by atoms with E-state index in [1.54, 1.807) is 24.3 Å². The highest BCUT2D eigenvalue weighted by Gasteiger charge is 2.13. The number of nitrogens with zero attached hydrogens (tertiary/aromatic N) is 3. The van der Waals surface area contributed by atoms with Gasteiger partial charge in [-0.3, -0.25) is 15.1 Å². The van der Waals surface area contributed by atoms with Crippen molar-refractivity contribution in [3.8, 4) is 17.2 Å². The Morgan fingerprint density at radius 3 is 2.79 bits per heavy atom. The normalized spacial score (nSPS) is 11.4. The molecule has 0 saturated heterocycles. The van der Waals surface area contributed by atoms with Crippen LogP contribution in [0.25, 0.3) is 22.6 Å². The smallest absolute Gasteiger partial charge is 0.270 e. The second-order valence-corrected chi connectivity index (χ2v) is 7.71. The molecule has 1 aromatic heterocycles. The summed E-state index contributed by atoms with van der Waals surface area (Å²) >= 11 is 8.45. The third kappa shape index (κ3) is 4.08. The van der Waals surface area contributed by atoms with Gasteiger partial charge in [0, 0.05) is 27.5 Å². The van der Waals surface area contributed by atoms with Crippen molar-refractivity contribution in [2.75, 3.05) is 0 Å². The molecule has 0 bridgehead atoms. The molecule has 29 heavy (non-hydrogen) atoms. The number of nitro groups is 1. The number of rotatable bonds is 4. The van der Waals surface area contributed by atoms with Crippen molar-refractivity contribution < 1.29 is 14.4 Å². The Morgan fingerprint density at radius 2 is 2.00 bits per heavy atom. The lowest BCUT2D eigenvalue weighted by molar-refractivity contribution is -0.384. The number of oxazole rings is 1. The number of hydrogen-bond donors (Lipinski definition) is 1. The summed E-state index contributed by atoms with van der Waals surface area (Å²) in [7, 11) is 0. The Kier molecular flexibility index (Phi) is 5.20. The number of fused-ring (bicyclic) bond motifs is 1. The van der Waals surface area contributed by atoms with Gasteiger partial charge in [0.1, 0.15) is 11.3 Å². The van der Waals surface area contributed by atoms with Crippen LogP contribution in [0.2, 0.25) is 5.02 Å². The van der Waals surface area contributed by atoms with Gasteiger partial charge in [0.05, 0.1) is 21.2 Å². The third-order valence-corrected chi connectivity index (χ3v) is 5.11. The van der Waals surface area contributed by atoms with E-state index in [1.807, 2.05) is 12.1 Å². The Labute approximate surface area is 183 Å². The lowest BCUT2D eigenvalue weighted by atomic mass is 10.2. The quantitative estimate of drug-likeness (QED) is 0.152. The fourth-order valence-corrected chi connectivity index (χ4v) is 3.37. The van der Waals surface area contributed by atoms with Crippen molar-refractivity contribution in [3.05, 3.63) is 78.9 Å². The number of nitro benzene ring substituents is 1. The summed E-state index contributed by atoms with van der Waals surface area (Å²) in [6.07, 6.45) is 1.36. The highest BCUT2D eigenvalue weighted by Crippen LogP contribution is 2.32. The Bertz CT molecular complexity index is 1290. The molecule has 4 rings (SSSR count). The van der Waals surface area contributed by atoms with Crippen molar-refractivity contribution in [1.29, 1.82) is 0 Å². The van der Waals surface area contributed by atoms with Crippen molar-refractivity contribution >= 4 is 62.9 Å². The van der Waals surface area contributed by atoms with Gasteiger partial charge in [-0.2, -0.15) is 0 Å². The summed E-state index contributed by atoms with van der Waals surface area (Å²) in [5, 5.41) is 21.3. The Hall–Kier alpha value is -2.98. The molecule has 7 nitrogen and oxygen atoms in total. The van der Waals surface area contributed by atoms with Gasteiger partial charge >= 0.3 is 0 Å². The summed E-state index contributed by atoms with van der Waals surface area (Å²) < 4.78 is 6.81. The van der Waals surface area contributed by atoms with Crippen molar-refractivity contribution in [2.24, 2.45) is 4.99 Å². The highest BCUT2D eigenvalue weighted by molar-refractivity contribution is 14.1. The monoisotopic (exact) mass is 519 g/mol. The van der Waals surface area contributed by atoms with E-state index >= 15 is 0 Å². The molecule has 0 radical (unpaired) electrons. The fourth-order valence-electron chi connectivity index (χ4n) is 2.68. The number of aliphatic imine (C=N–C) groups is 1. The van der Waals surface area contributed by atoms with Gasteiger partial charge in [0.2, 0.25) is 5.89 Å². The van der Waals surface area contributed by atoms with Gasteiger partial charge in [-0.25, -0.2) is 4.98 Å². The summed E-state index contributed by atoms with van der Waals surface area (Å²) in [6, 6.07) is 14.5. The SMILES string of the molecule is O=[N+]([O-])c1ccc(O)c(C=Nc2ccc3oc(-c4cc(I)ccc4Cl)nc3c2)c1. The topological polar surface area (TPSA) is 102 Å². The van der Waals surface area contributed by atoms with E-state index in [1.165, 1.54) is 24.4 Å². The van der Waals surface area contributed by atoms with Gasteiger partial charge < -0.3 is 9.52 Å². The summed E-state index contributed by atoms with van der Waals surface area (Å²) in [6.45, 7) is 0. The summed E-state index contributed by atoms with van der Waals surface area (Å²) in [5.41, 5.74) is 2.53. The van der Waals surface area contributed by atoms with Crippen LogP contribution < -0.4 is 0 Å². The molecule has 144 valence electrons. The highest BCUT2D eigenvalue weighted by atomic mass is 127. The van der Waals surface area contributed by atoms with Crippen molar-refractivity contribution in [2.45, 2.75) is 0 Å². The predicted molar refractivity (Wildman–Crippen MR) is 119 cm³/mol. The van der Waals surface area contributed by atoms with Crippen molar-refractivity contribution in [1.82, 2.24) is 4.98 Å². The van der Waals surface area contributed by atoms with Gasteiger partial charge in [-0.1, -0.05) is 11.6 Å². The molecule has 1 heterocycles. The van der Waals surface area contributed by atoms with Crippen molar-refractivity contribution in [3.63, 3.8) is 0 Å². The molecule has 0 unspecified atom stereocenters. The van der Waals surface area contributed by atoms with Crippen LogP contribution in [-0.2, 0) is 0 Å². The second-order valence-electron chi connectivity index (χ2n) is 6.05. The van der Waals surface area contributed by atoms with E-state index in [-0.39, 0.29) is 17.0 Å².